The summed E-state index contributed by atoms with van der Waals surface area (Å²) >= 11 is 0. The minimum absolute atomic E-state index is 0.0809. The summed E-state index contributed by atoms with van der Waals surface area (Å²) in [5.41, 5.74) is 3.89. The zero-order valence-corrected chi connectivity index (χ0v) is 10.3. The number of rotatable bonds is 2. The molecule has 1 aliphatic rings. The first-order valence-electron chi connectivity index (χ1n) is 6.42. The molecule has 1 aliphatic heterocycles. The summed E-state index contributed by atoms with van der Waals surface area (Å²) < 4.78 is 0. The van der Waals surface area contributed by atoms with E-state index in [9.17, 15) is 5.21 Å². The monoisotopic (exact) mass is 239 g/mol. The summed E-state index contributed by atoms with van der Waals surface area (Å²) in [6.07, 6.45) is 1.78. The molecule has 0 saturated heterocycles. The molecular weight excluding hydrogens is 222 g/mol. The number of hydroxylamine groups is 2. The van der Waals surface area contributed by atoms with Crippen molar-refractivity contribution < 1.29 is 5.21 Å². The lowest BCUT2D eigenvalue weighted by atomic mass is 9.90. The maximum absolute atomic E-state index is 10.1. The van der Waals surface area contributed by atoms with Gasteiger partial charge in [0.15, 0.2) is 0 Å². The van der Waals surface area contributed by atoms with Crippen LogP contribution in [0.1, 0.15) is 22.7 Å². The third kappa shape index (κ3) is 2.17. The summed E-state index contributed by atoms with van der Waals surface area (Å²) in [6, 6.07) is 18.9. The fraction of sp³-hybridized carbons (Fsp3) is 0.250. The van der Waals surface area contributed by atoms with Crippen molar-refractivity contribution >= 4 is 0 Å². The van der Waals surface area contributed by atoms with Crippen molar-refractivity contribution in [1.82, 2.24) is 5.06 Å². The van der Waals surface area contributed by atoms with Crippen LogP contribution in [0.2, 0.25) is 0 Å². The van der Waals surface area contributed by atoms with Crippen molar-refractivity contribution in [2.75, 3.05) is 6.54 Å². The molecule has 18 heavy (non-hydrogen) atoms. The Hall–Kier alpha value is -1.64. The molecule has 1 unspecified atom stereocenters. The van der Waals surface area contributed by atoms with Crippen LogP contribution in [0.25, 0.3) is 0 Å². The van der Waals surface area contributed by atoms with Gasteiger partial charge in [-0.15, -0.1) is 0 Å². The summed E-state index contributed by atoms with van der Waals surface area (Å²) in [7, 11) is 0. The Labute approximate surface area is 107 Å². The lowest BCUT2D eigenvalue weighted by Crippen LogP contribution is -2.33. The van der Waals surface area contributed by atoms with E-state index in [0.29, 0.717) is 6.54 Å². The molecule has 0 bridgehead atoms. The van der Waals surface area contributed by atoms with Crippen molar-refractivity contribution in [3.63, 3.8) is 0 Å². The van der Waals surface area contributed by atoms with Gasteiger partial charge in [-0.25, -0.2) is 0 Å². The summed E-state index contributed by atoms with van der Waals surface area (Å²) in [6.45, 7) is 0.717. The Kier molecular flexibility index (Phi) is 3.13. The standard InChI is InChI=1S/C16H17NO/c18-17-11-10-14-8-4-5-9-15(14)16(17)12-13-6-2-1-3-7-13/h1-9,16,18H,10-12H2. The Bertz CT molecular complexity index is 524. The van der Waals surface area contributed by atoms with Crippen LogP contribution in [0.5, 0.6) is 0 Å². The van der Waals surface area contributed by atoms with Gasteiger partial charge in [-0.1, -0.05) is 54.6 Å². The zero-order valence-electron chi connectivity index (χ0n) is 10.3. The van der Waals surface area contributed by atoms with Crippen LogP contribution >= 0.6 is 0 Å². The molecule has 2 aromatic rings. The molecule has 1 N–H and O–H groups in total. The highest BCUT2D eigenvalue weighted by molar-refractivity contribution is 5.33. The first-order valence-corrected chi connectivity index (χ1v) is 6.42. The molecular formula is C16H17NO. The molecule has 0 saturated carbocycles. The van der Waals surface area contributed by atoms with Gasteiger partial charge in [-0.3, -0.25) is 0 Å². The average Bonchev–Trinajstić information content (AvgIpc) is 2.43. The van der Waals surface area contributed by atoms with Gasteiger partial charge in [0, 0.05) is 6.54 Å². The number of hydrogen-bond acceptors (Lipinski definition) is 2. The first kappa shape index (κ1) is 11.5. The smallest absolute Gasteiger partial charge is 0.0642 e. The molecule has 0 spiro atoms. The van der Waals surface area contributed by atoms with Crippen molar-refractivity contribution in [1.29, 1.82) is 0 Å². The van der Waals surface area contributed by atoms with E-state index < -0.39 is 0 Å². The van der Waals surface area contributed by atoms with Crippen molar-refractivity contribution in [2.24, 2.45) is 0 Å². The van der Waals surface area contributed by atoms with Crippen molar-refractivity contribution in [2.45, 2.75) is 18.9 Å². The third-order valence-electron chi connectivity index (χ3n) is 3.66. The Balaban J connectivity index is 1.91. The van der Waals surface area contributed by atoms with Gasteiger partial charge in [0.05, 0.1) is 6.04 Å². The second kappa shape index (κ2) is 4.92. The zero-order chi connectivity index (χ0) is 12.4. The van der Waals surface area contributed by atoms with Gasteiger partial charge < -0.3 is 5.21 Å². The maximum Gasteiger partial charge on any atom is 0.0642 e. The number of fused-ring (bicyclic) bond motifs is 1. The van der Waals surface area contributed by atoms with Crippen LogP contribution in [0.3, 0.4) is 0 Å². The predicted molar refractivity (Wildman–Crippen MR) is 71.5 cm³/mol. The van der Waals surface area contributed by atoms with E-state index in [4.69, 9.17) is 0 Å². The van der Waals surface area contributed by atoms with Gasteiger partial charge in [-0.2, -0.15) is 5.06 Å². The van der Waals surface area contributed by atoms with Crippen molar-refractivity contribution in [3.8, 4) is 0 Å². The first-order chi connectivity index (χ1) is 8.84. The van der Waals surface area contributed by atoms with E-state index in [0.717, 1.165) is 12.8 Å². The molecule has 2 aromatic carbocycles. The van der Waals surface area contributed by atoms with Crippen LogP contribution in [-0.2, 0) is 12.8 Å². The fourth-order valence-electron chi connectivity index (χ4n) is 2.69. The molecule has 1 heterocycles. The average molecular weight is 239 g/mol. The molecule has 1 atom stereocenters. The van der Waals surface area contributed by atoms with E-state index in [1.165, 1.54) is 21.8 Å². The minimum Gasteiger partial charge on any atom is -0.313 e. The van der Waals surface area contributed by atoms with Gasteiger partial charge in [0.25, 0.3) is 0 Å². The molecule has 92 valence electrons. The normalized spacial score (nSPS) is 19.5. The highest BCUT2D eigenvalue weighted by atomic mass is 16.5. The lowest BCUT2D eigenvalue weighted by molar-refractivity contribution is -0.133. The molecule has 0 radical (unpaired) electrons. The van der Waals surface area contributed by atoms with Crippen molar-refractivity contribution in [3.05, 3.63) is 71.3 Å². The largest absolute Gasteiger partial charge is 0.313 e. The quantitative estimate of drug-likeness (QED) is 0.869. The second-order valence-electron chi connectivity index (χ2n) is 4.82. The summed E-state index contributed by atoms with van der Waals surface area (Å²) in [5.74, 6) is 0. The molecule has 3 rings (SSSR count). The molecule has 0 aliphatic carbocycles. The second-order valence-corrected chi connectivity index (χ2v) is 4.82. The van der Waals surface area contributed by atoms with Crippen LogP contribution < -0.4 is 0 Å². The SMILES string of the molecule is ON1CCc2ccccc2C1Cc1ccccc1. The van der Waals surface area contributed by atoms with Gasteiger partial charge >= 0.3 is 0 Å². The van der Waals surface area contributed by atoms with E-state index in [-0.39, 0.29) is 6.04 Å². The predicted octanol–water partition coefficient (Wildman–Crippen LogP) is 3.22. The molecule has 2 nitrogen and oxygen atoms in total. The number of nitrogens with zero attached hydrogens (tertiary/aromatic N) is 1. The van der Waals surface area contributed by atoms with Gasteiger partial charge in [0.1, 0.15) is 0 Å². The Morgan fingerprint density at radius 1 is 1.00 bits per heavy atom. The number of hydrogen-bond donors (Lipinski definition) is 1. The van der Waals surface area contributed by atoms with Crippen LogP contribution in [0.15, 0.2) is 54.6 Å². The van der Waals surface area contributed by atoms with Crippen LogP contribution in [0, 0.1) is 0 Å². The molecule has 2 heteroatoms. The third-order valence-corrected chi connectivity index (χ3v) is 3.66. The highest BCUT2D eigenvalue weighted by Gasteiger charge is 2.25. The Morgan fingerprint density at radius 2 is 1.72 bits per heavy atom. The summed E-state index contributed by atoms with van der Waals surface area (Å²) in [4.78, 5) is 0. The van der Waals surface area contributed by atoms with Gasteiger partial charge in [0.2, 0.25) is 0 Å². The van der Waals surface area contributed by atoms with E-state index in [1.807, 2.05) is 18.2 Å². The Morgan fingerprint density at radius 3 is 2.56 bits per heavy atom. The van der Waals surface area contributed by atoms with Crippen LogP contribution in [-0.4, -0.2) is 16.8 Å². The lowest BCUT2D eigenvalue weighted by Gasteiger charge is -2.32. The molecule has 0 fully saturated rings. The topological polar surface area (TPSA) is 23.5 Å². The molecule has 0 aromatic heterocycles. The minimum atomic E-state index is 0.0809. The van der Waals surface area contributed by atoms with E-state index >= 15 is 0 Å². The number of benzene rings is 2. The molecule has 0 amide bonds. The van der Waals surface area contributed by atoms with E-state index in [1.54, 1.807) is 0 Å². The van der Waals surface area contributed by atoms with Crippen LogP contribution in [0.4, 0.5) is 0 Å². The maximum atomic E-state index is 10.1. The van der Waals surface area contributed by atoms with Gasteiger partial charge in [-0.05, 0) is 29.5 Å². The summed E-state index contributed by atoms with van der Waals surface area (Å²) in [5, 5.41) is 11.6. The fourth-order valence-corrected chi connectivity index (χ4v) is 2.69. The highest BCUT2D eigenvalue weighted by Crippen LogP contribution is 2.30. The van der Waals surface area contributed by atoms with E-state index in [2.05, 4.69) is 36.4 Å².